The van der Waals surface area contributed by atoms with Crippen LogP contribution in [0.2, 0.25) is 10.0 Å². The molecular weight excluding hydrogens is 1010 g/mol. The Morgan fingerprint density at radius 1 is 0.946 bits per heavy atom. The van der Waals surface area contributed by atoms with E-state index in [-0.39, 0.29) is 68.4 Å². The Balaban J connectivity index is 0.744. The first kappa shape index (κ1) is 51.1. The number of carbonyl (C=O) groups excluding carboxylic acids is 4. The van der Waals surface area contributed by atoms with Gasteiger partial charge in [0, 0.05) is 75.6 Å². The lowest BCUT2D eigenvalue weighted by Crippen LogP contribution is -2.52. The molecule has 3 fully saturated rings. The smallest absolute Gasteiger partial charge is 0.316 e. The molecule has 2 saturated carbocycles. The zero-order valence-corrected chi connectivity index (χ0v) is 44.0. The largest absolute Gasteiger partial charge is 0.488 e. The Hall–Kier alpha value is -6.44. The number of nitrogens with zero attached hydrogens (tertiary/aromatic N) is 8. The highest BCUT2D eigenvalue weighted by molar-refractivity contribution is 7.15. The molecule has 5 aromatic rings. The van der Waals surface area contributed by atoms with E-state index < -0.39 is 35.3 Å². The molecule has 2 aromatic carbocycles. The Kier molecular flexibility index (Phi) is 14.3. The minimum atomic E-state index is -1.20. The second-order valence-corrected chi connectivity index (χ2v) is 22.5. The monoisotopic (exact) mass is 1060 g/mol. The highest BCUT2D eigenvalue weighted by Crippen LogP contribution is 2.54. The predicted octanol–water partition coefficient (Wildman–Crippen LogP) is 7.24. The van der Waals surface area contributed by atoms with E-state index in [1.54, 1.807) is 47.7 Å². The average Bonchev–Trinajstić information content (AvgIpc) is 3.83. The van der Waals surface area contributed by atoms with E-state index in [9.17, 15) is 29.1 Å². The molecule has 388 valence electrons. The Bertz CT molecular complexity index is 3070. The zero-order valence-electron chi connectivity index (χ0n) is 41.7. The molecule has 1 spiro atoms. The highest BCUT2D eigenvalue weighted by atomic mass is 35.5. The summed E-state index contributed by atoms with van der Waals surface area (Å²) >= 11 is 14.7. The van der Waals surface area contributed by atoms with E-state index in [0.717, 1.165) is 69.1 Å². The van der Waals surface area contributed by atoms with Gasteiger partial charge in [-0.1, -0.05) is 48.2 Å². The fourth-order valence-corrected chi connectivity index (χ4v) is 12.6. The number of aromatic nitrogens is 5. The van der Waals surface area contributed by atoms with Gasteiger partial charge in [-0.2, -0.15) is 0 Å². The molecule has 4 amide bonds. The van der Waals surface area contributed by atoms with Crippen molar-refractivity contribution in [3.8, 4) is 16.8 Å². The van der Waals surface area contributed by atoms with Gasteiger partial charge in [0.15, 0.2) is 5.82 Å². The number of likely N-dealkylation sites (tertiary alicyclic amines) is 1. The van der Waals surface area contributed by atoms with Gasteiger partial charge in [0.25, 0.3) is 0 Å². The molecule has 0 radical (unpaired) electrons. The van der Waals surface area contributed by atoms with E-state index in [1.807, 2.05) is 40.7 Å². The van der Waals surface area contributed by atoms with Crippen LogP contribution < -0.4 is 20.1 Å². The summed E-state index contributed by atoms with van der Waals surface area (Å²) in [6.45, 7) is 8.85. The molecule has 0 bridgehead atoms. The summed E-state index contributed by atoms with van der Waals surface area (Å²) in [7, 11) is 0. The van der Waals surface area contributed by atoms with Crippen molar-refractivity contribution in [3.63, 3.8) is 0 Å². The molecule has 10 rings (SSSR count). The van der Waals surface area contributed by atoms with Gasteiger partial charge < -0.3 is 35.0 Å². The number of amides is 4. The van der Waals surface area contributed by atoms with Crippen LogP contribution in [0.25, 0.3) is 5.00 Å². The van der Waals surface area contributed by atoms with Crippen LogP contribution in [0.15, 0.2) is 53.8 Å². The molecule has 3 aliphatic heterocycles. The standard InChI is InChI=1S/C53H58Cl2N10O8S/c1-29-30(2)74-49-44(29)46(33-8-10-34(54)11-9-33)60-38(47-62-61-31(3)65(47)49)21-41(66)57-25-42(67)56-18-20-72-51-58-23-32(24-59-51)27-73-40-13-12-37(55)35-14-19-64(48(69)36-7-5-6-15-52(36,4)50(70)71)39(45(35)40)26-63-28-53(16-17-53)22-43(63)68/h8-13,23-24,36,38-39H,5-7,14-22,25-28H2,1-4H3,(H,56,67)(H,57,66)(H,70,71)/t36-,38-,39+,52-/m0/s1. The third-order valence-corrected chi connectivity index (χ3v) is 17.3. The lowest BCUT2D eigenvalue weighted by Gasteiger charge is -2.45. The van der Waals surface area contributed by atoms with Crippen molar-refractivity contribution in [2.75, 3.05) is 39.3 Å². The van der Waals surface area contributed by atoms with Crippen molar-refractivity contribution in [2.45, 2.75) is 104 Å². The number of nitrogens with one attached hydrogen (secondary N) is 2. The van der Waals surface area contributed by atoms with Gasteiger partial charge in [-0.15, -0.1) is 21.5 Å². The van der Waals surface area contributed by atoms with Crippen LogP contribution in [0.4, 0.5) is 0 Å². The van der Waals surface area contributed by atoms with E-state index >= 15 is 0 Å². The topological polar surface area (TPSA) is 223 Å². The molecule has 21 heteroatoms. The summed E-state index contributed by atoms with van der Waals surface area (Å²) in [4.78, 5) is 85.6. The van der Waals surface area contributed by atoms with Crippen molar-refractivity contribution in [1.82, 2.24) is 45.2 Å². The predicted molar refractivity (Wildman–Crippen MR) is 276 cm³/mol. The van der Waals surface area contributed by atoms with Crippen LogP contribution in [0.5, 0.6) is 11.8 Å². The number of hydrogen-bond acceptors (Lipinski definition) is 13. The molecule has 1 saturated heterocycles. The van der Waals surface area contributed by atoms with Gasteiger partial charge in [0.2, 0.25) is 23.6 Å². The number of hydrogen-bond donors (Lipinski definition) is 3. The lowest BCUT2D eigenvalue weighted by atomic mass is 9.66. The first-order valence-corrected chi connectivity index (χ1v) is 26.7. The van der Waals surface area contributed by atoms with Crippen LogP contribution in [-0.2, 0) is 37.0 Å². The molecule has 5 aliphatic rings. The van der Waals surface area contributed by atoms with Gasteiger partial charge in [0.05, 0.1) is 42.6 Å². The van der Waals surface area contributed by atoms with Crippen molar-refractivity contribution in [1.29, 1.82) is 0 Å². The van der Waals surface area contributed by atoms with Crippen LogP contribution >= 0.6 is 34.5 Å². The fourth-order valence-electron chi connectivity index (χ4n) is 11.0. The number of rotatable bonds is 16. The minimum absolute atomic E-state index is 0.00265. The van der Waals surface area contributed by atoms with Crippen LogP contribution in [0, 0.1) is 37.5 Å². The molecule has 2 aliphatic carbocycles. The number of aryl methyl sites for hydroxylation is 2. The van der Waals surface area contributed by atoms with Crippen molar-refractivity contribution < 1.29 is 38.6 Å². The zero-order chi connectivity index (χ0) is 52.1. The van der Waals surface area contributed by atoms with Gasteiger partial charge in [-0.25, -0.2) is 9.97 Å². The second kappa shape index (κ2) is 20.7. The van der Waals surface area contributed by atoms with Gasteiger partial charge in [-0.3, -0.25) is 33.5 Å². The normalized spacial score (nSPS) is 21.5. The second-order valence-electron chi connectivity index (χ2n) is 20.5. The van der Waals surface area contributed by atoms with E-state index in [0.29, 0.717) is 71.8 Å². The van der Waals surface area contributed by atoms with E-state index in [2.05, 4.69) is 44.6 Å². The number of halogens is 2. The number of benzene rings is 2. The van der Waals surface area contributed by atoms with Gasteiger partial charge in [-0.05, 0) is 101 Å². The Labute approximate surface area is 442 Å². The molecule has 18 nitrogen and oxygen atoms in total. The third-order valence-electron chi connectivity index (χ3n) is 15.5. The average molecular weight is 1070 g/mol. The molecule has 4 atom stereocenters. The molecular formula is C53H58Cl2N10O8S. The summed E-state index contributed by atoms with van der Waals surface area (Å²) in [5.74, 6) is -0.942. The van der Waals surface area contributed by atoms with Crippen molar-refractivity contribution in [2.24, 2.45) is 21.7 Å². The number of aliphatic imine (C=N–C) groups is 1. The Morgan fingerprint density at radius 2 is 1.72 bits per heavy atom. The first-order valence-electron chi connectivity index (χ1n) is 25.1. The van der Waals surface area contributed by atoms with E-state index in [1.165, 1.54) is 0 Å². The summed E-state index contributed by atoms with van der Waals surface area (Å²) < 4.78 is 14.2. The van der Waals surface area contributed by atoms with Gasteiger partial charge in [0.1, 0.15) is 35.8 Å². The summed E-state index contributed by atoms with van der Waals surface area (Å²) in [5, 5.41) is 26.7. The van der Waals surface area contributed by atoms with Crippen molar-refractivity contribution in [3.05, 3.63) is 109 Å². The van der Waals surface area contributed by atoms with E-state index in [4.69, 9.17) is 37.7 Å². The molecule has 6 heterocycles. The number of ether oxygens (including phenoxy) is 2. The molecule has 3 N–H and O–H groups in total. The number of carboxylic acid groups (broad SMARTS) is 1. The third kappa shape index (κ3) is 10.1. The quantitative estimate of drug-likeness (QED) is 0.0832. The van der Waals surface area contributed by atoms with Crippen LogP contribution in [0.1, 0.15) is 120 Å². The number of carboxylic acids is 1. The summed E-state index contributed by atoms with van der Waals surface area (Å²) in [6, 6.07) is 9.78. The molecule has 3 aromatic heterocycles. The fraction of sp³-hybridized carbons (Fsp3) is 0.472. The number of thiophene rings is 1. The molecule has 0 unspecified atom stereocenters. The maximum Gasteiger partial charge on any atom is 0.316 e. The highest BCUT2D eigenvalue weighted by Gasteiger charge is 2.54. The van der Waals surface area contributed by atoms with Gasteiger partial charge >= 0.3 is 12.0 Å². The maximum atomic E-state index is 14.7. The minimum Gasteiger partial charge on any atom is -0.488 e. The Morgan fingerprint density at radius 3 is 2.45 bits per heavy atom. The number of carbonyl (C=O) groups is 5. The van der Waals surface area contributed by atoms with Crippen LogP contribution in [-0.4, -0.2) is 114 Å². The molecule has 74 heavy (non-hydrogen) atoms. The first-order chi connectivity index (χ1) is 35.5. The number of fused-ring (bicyclic) bond motifs is 4. The maximum absolute atomic E-state index is 14.7. The summed E-state index contributed by atoms with van der Waals surface area (Å²) in [5.41, 5.74) is 4.59. The lowest BCUT2D eigenvalue weighted by molar-refractivity contribution is -0.162. The van der Waals surface area contributed by atoms with Crippen LogP contribution in [0.3, 0.4) is 0 Å². The number of aliphatic carboxylic acids is 1. The summed E-state index contributed by atoms with van der Waals surface area (Å²) in [6.07, 6.45) is 8.40. The SMILES string of the molecule is Cc1sc2c(c1C)C(c1ccc(Cl)cc1)=N[C@@H](CC(=O)NCC(=O)NCCOc1ncc(COc3ccc(Cl)c4c3[C@@H](CN3CC5(CC5)CC3=O)N(C(=O)[C@@H]3CCCC[C@]3(C)C(=O)O)CC4)cn1)c1nnc(C)n1-2. The van der Waals surface area contributed by atoms with Crippen molar-refractivity contribution >= 4 is 69.8 Å².